The van der Waals surface area contributed by atoms with Crippen molar-refractivity contribution in [2.24, 2.45) is 11.8 Å². The van der Waals surface area contributed by atoms with Gasteiger partial charge in [-0.2, -0.15) is 0 Å². The van der Waals surface area contributed by atoms with Crippen LogP contribution < -0.4 is 9.64 Å². The summed E-state index contributed by atoms with van der Waals surface area (Å²) in [7, 11) is 0. The maximum atomic E-state index is 12.7. The van der Waals surface area contributed by atoms with Gasteiger partial charge in [-0.15, -0.1) is 0 Å². The van der Waals surface area contributed by atoms with Crippen LogP contribution in [0.3, 0.4) is 0 Å². The summed E-state index contributed by atoms with van der Waals surface area (Å²) in [5, 5.41) is 11.0. The van der Waals surface area contributed by atoms with Crippen LogP contribution in [0, 0.1) is 22.0 Å². The van der Waals surface area contributed by atoms with Crippen molar-refractivity contribution >= 4 is 23.3 Å². The number of hydrogen-bond acceptors (Lipinski definition) is 6. The number of nitrogens with zero attached hydrogens (tertiary/aromatic N) is 2. The molecule has 1 unspecified atom stereocenters. The third kappa shape index (κ3) is 4.26. The molecule has 136 valence electrons. The maximum Gasteiger partial charge on any atom is 0.326 e. The van der Waals surface area contributed by atoms with Crippen molar-refractivity contribution in [1.29, 1.82) is 0 Å². The molecule has 1 aliphatic rings. The van der Waals surface area contributed by atoms with Gasteiger partial charge in [0.1, 0.15) is 6.54 Å². The first-order valence-electron chi connectivity index (χ1n) is 8.12. The molecule has 1 aliphatic heterocycles. The molecule has 25 heavy (non-hydrogen) atoms. The summed E-state index contributed by atoms with van der Waals surface area (Å²) in [6.45, 7) is 7.44. The van der Waals surface area contributed by atoms with Crippen LogP contribution in [-0.4, -0.2) is 36.1 Å². The van der Waals surface area contributed by atoms with Crippen molar-refractivity contribution < 1.29 is 24.0 Å². The predicted molar refractivity (Wildman–Crippen MR) is 90.5 cm³/mol. The topological polar surface area (TPSA) is 99.0 Å². The maximum absolute atomic E-state index is 12.7. The lowest BCUT2D eigenvalue weighted by molar-refractivity contribution is -0.384. The lowest BCUT2D eigenvalue weighted by atomic mass is 10.0. The van der Waals surface area contributed by atoms with E-state index >= 15 is 0 Å². The van der Waals surface area contributed by atoms with Crippen molar-refractivity contribution in [2.45, 2.75) is 33.8 Å². The summed E-state index contributed by atoms with van der Waals surface area (Å²) in [6.07, 6.45) is -0.813. The molecule has 0 saturated carbocycles. The van der Waals surface area contributed by atoms with Crippen molar-refractivity contribution in [3.05, 3.63) is 28.3 Å². The van der Waals surface area contributed by atoms with Gasteiger partial charge in [0.25, 0.3) is 11.6 Å². The van der Waals surface area contributed by atoms with E-state index in [0.29, 0.717) is 5.69 Å². The molecule has 1 atom stereocenters. The Balaban J connectivity index is 2.32. The monoisotopic (exact) mass is 350 g/mol. The van der Waals surface area contributed by atoms with E-state index < -0.39 is 17.0 Å². The van der Waals surface area contributed by atoms with Gasteiger partial charge in [-0.05, 0) is 17.9 Å². The van der Waals surface area contributed by atoms with Gasteiger partial charge in [-0.1, -0.05) is 27.7 Å². The average Bonchev–Trinajstić information content (AvgIpc) is 2.54. The zero-order chi connectivity index (χ0) is 18.7. The first-order chi connectivity index (χ1) is 11.7. The molecule has 1 aromatic carbocycles. The Morgan fingerprint density at radius 3 is 2.60 bits per heavy atom. The zero-order valence-electron chi connectivity index (χ0n) is 14.7. The number of anilines is 1. The minimum absolute atomic E-state index is 0.141. The molecule has 0 aromatic heterocycles. The lowest BCUT2D eigenvalue weighted by Gasteiger charge is -2.35. The van der Waals surface area contributed by atoms with Gasteiger partial charge in [0.15, 0.2) is 11.9 Å². The van der Waals surface area contributed by atoms with Gasteiger partial charge in [-0.25, -0.2) is 0 Å². The number of carbonyl (C=O) groups excluding carboxylic acids is 2. The first-order valence-corrected chi connectivity index (χ1v) is 8.12. The molecule has 2 rings (SSSR count). The minimum atomic E-state index is -0.813. The highest BCUT2D eigenvalue weighted by Crippen LogP contribution is 2.38. The lowest BCUT2D eigenvalue weighted by Crippen LogP contribution is -2.50. The number of ether oxygens (including phenoxy) is 2. The standard InChI is InChI=1S/C17H22N2O6/c1-10(2)9-24-15(20)8-18-13-6-5-12(19(22)23)7-14(13)25-16(11(3)4)17(18)21/h5-7,10-11,16H,8-9H2,1-4H3. The van der Waals surface area contributed by atoms with Crippen LogP contribution in [0.25, 0.3) is 0 Å². The molecule has 0 fully saturated rings. The highest BCUT2D eigenvalue weighted by molar-refractivity contribution is 6.03. The fourth-order valence-corrected chi connectivity index (χ4v) is 2.41. The van der Waals surface area contributed by atoms with Crippen molar-refractivity contribution in [3.8, 4) is 5.75 Å². The molecule has 1 aromatic rings. The van der Waals surface area contributed by atoms with E-state index in [1.54, 1.807) is 13.8 Å². The number of carbonyl (C=O) groups is 2. The number of benzene rings is 1. The summed E-state index contributed by atoms with van der Waals surface area (Å²) in [5.41, 5.74) is 0.187. The van der Waals surface area contributed by atoms with Crippen LogP contribution in [0.15, 0.2) is 18.2 Å². The van der Waals surface area contributed by atoms with E-state index in [0.717, 1.165) is 0 Å². The average molecular weight is 350 g/mol. The van der Waals surface area contributed by atoms with E-state index in [4.69, 9.17) is 9.47 Å². The predicted octanol–water partition coefficient (Wildman–Crippen LogP) is 2.54. The third-order valence-electron chi connectivity index (χ3n) is 3.68. The van der Waals surface area contributed by atoms with Gasteiger partial charge in [-0.3, -0.25) is 24.6 Å². The Kier molecular flexibility index (Phi) is 5.61. The molecule has 0 radical (unpaired) electrons. The molecule has 0 N–H and O–H groups in total. The Hall–Kier alpha value is -2.64. The van der Waals surface area contributed by atoms with E-state index in [2.05, 4.69) is 0 Å². The van der Waals surface area contributed by atoms with E-state index in [1.807, 2.05) is 13.8 Å². The molecule has 0 aliphatic carbocycles. The smallest absolute Gasteiger partial charge is 0.326 e. The van der Waals surface area contributed by atoms with E-state index in [9.17, 15) is 19.7 Å². The van der Waals surface area contributed by atoms with Crippen molar-refractivity contribution in [2.75, 3.05) is 18.1 Å². The van der Waals surface area contributed by atoms with Gasteiger partial charge in [0.05, 0.1) is 23.3 Å². The minimum Gasteiger partial charge on any atom is -0.478 e. The second-order valence-corrected chi connectivity index (χ2v) is 6.69. The van der Waals surface area contributed by atoms with Crippen molar-refractivity contribution in [3.63, 3.8) is 0 Å². The number of fused-ring (bicyclic) bond motifs is 1. The molecule has 0 saturated heterocycles. The van der Waals surface area contributed by atoms with Crippen LogP contribution in [0.2, 0.25) is 0 Å². The van der Waals surface area contributed by atoms with Gasteiger partial charge in [0, 0.05) is 6.07 Å². The Bertz CT molecular complexity index is 686. The van der Waals surface area contributed by atoms with Gasteiger partial charge >= 0.3 is 5.97 Å². The summed E-state index contributed by atoms with van der Waals surface area (Å²) in [4.78, 5) is 36.4. The van der Waals surface area contributed by atoms with Crippen LogP contribution in [0.1, 0.15) is 27.7 Å². The van der Waals surface area contributed by atoms with Gasteiger partial charge in [0.2, 0.25) is 0 Å². The fraction of sp³-hybridized carbons (Fsp3) is 0.529. The first kappa shape index (κ1) is 18.7. The van der Waals surface area contributed by atoms with E-state index in [1.165, 1.54) is 23.1 Å². The number of rotatable bonds is 6. The fourth-order valence-electron chi connectivity index (χ4n) is 2.41. The Morgan fingerprint density at radius 2 is 2.04 bits per heavy atom. The molecule has 8 nitrogen and oxygen atoms in total. The van der Waals surface area contributed by atoms with Crippen molar-refractivity contribution in [1.82, 2.24) is 0 Å². The highest BCUT2D eigenvalue weighted by Gasteiger charge is 2.38. The number of non-ortho nitro benzene ring substituents is 1. The SMILES string of the molecule is CC(C)COC(=O)CN1C(=O)C(C(C)C)Oc2cc([N+](=O)[O-])ccc21. The number of esters is 1. The molecule has 0 bridgehead atoms. The molecular weight excluding hydrogens is 328 g/mol. The third-order valence-corrected chi connectivity index (χ3v) is 3.68. The summed E-state index contributed by atoms with van der Waals surface area (Å²) < 4.78 is 10.8. The second-order valence-electron chi connectivity index (χ2n) is 6.69. The van der Waals surface area contributed by atoms with Crippen LogP contribution >= 0.6 is 0 Å². The number of amides is 1. The molecule has 8 heteroatoms. The summed E-state index contributed by atoms with van der Waals surface area (Å²) in [5.74, 6) is -0.658. The highest BCUT2D eigenvalue weighted by atomic mass is 16.6. The zero-order valence-corrected chi connectivity index (χ0v) is 14.7. The number of nitro groups is 1. The summed E-state index contributed by atoms with van der Waals surface area (Å²) in [6, 6.07) is 3.96. The Labute approximate surface area is 145 Å². The van der Waals surface area contributed by atoms with Gasteiger partial charge < -0.3 is 9.47 Å². The summed E-state index contributed by atoms with van der Waals surface area (Å²) >= 11 is 0. The van der Waals surface area contributed by atoms with Crippen LogP contribution in [0.5, 0.6) is 5.75 Å². The molecule has 1 amide bonds. The molecule has 0 spiro atoms. The number of nitro benzene ring substituents is 1. The normalized spacial score (nSPS) is 16.6. The van der Waals surface area contributed by atoms with Crippen LogP contribution in [-0.2, 0) is 14.3 Å². The number of hydrogen-bond donors (Lipinski definition) is 0. The quantitative estimate of drug-likeness (QED) is 0.444. The second kappa shape index (κ2) is 7.50. The van der Waals surface area contributed by atoms with E-state index in [-0.39, 0.29) is 42.3 Å². The Morgan fingerprint density at radius 1 is 1.36 bits per heavy atom. The van der Waals surface area contributed by atoms with Crippen LogP contribution in [0.4, 0.5) is 11.4 Å². The molecule has 1 heterocycles. The molecular formula is C17H22N2O6. The largest absolute Gasteiger partial charge is 0.478 e.